The van der Waals surface area contributed by atoms with E-state index in [2.05, 4.69) is 27.7 Å². The van der Waals surface area contributed by atoms with E-state index < -0.39 is 10.4 Å². The predicted molar refractivity (Wildman–Crippen MR) is 66.0 cm³/mol. The summed E-state index contributed by atoms with van der Waals surface area (Å²) in [5.41, 5.74) is 0.455. The first-order chi connectivity index (χ1) is 7.33. The standard InChI is InChI=1S/C9H18NO2.H3N.H2O4S/c1-8(2)9(11)12-7-6-10(3,4)5;;1-5(2,3)4/h1,6-7H2,2-5H3;1H3;(H2,1,2,3,4)/q+1;;/p-1. The third kappa shape index (κ3) is 29.4. The Bertz CT molecular complexity index is 350. The van der Waals surface area contributed by atoms with Crippen molar-refractivity contribution in [2.75, 3.05) is 34.3 Å². The van der Waals surface area contributed by atoms with Crippen LogP contribution in [0.5, 0.6) is 0 Å². The number of carbonyl (C=O) groups excluding carboxylic acids is 1. The fraction of sp³-hybridized carbons (Fsp3) is 0.667. The van der Waals surface area contributed by atoms with E-state index in [9.17, 15) is 4.79 Å². The SMILES string of the molecule is C=C(C)C(=O)OCC[N+](C)(C)C.N.O=S(=O)([O-])O. The van der Waals surface area contributed by atoms with Crippen molar-refractivity contribution in [2.24, 2.45) is 0 Å². The van der Waals surface area contributed by atoms with Crippen LogP contribution in [-0.4, -0.2) is 62.3 Å². The average molecular weight is 286 g/mol. The highest BCUT2D eigenvalue weighted by Gasteiger charge is 2.09. The lowest BCUT2D eigenvalue weighted by Gasteiger charge is -2.23. The summed E-state index contributed by atoms with van der Waals surface area (Å²) >= 11 is 0. The van der Waals surface area contributed by atoms with E-state index in [-0.39, 0.29) is 12.1 Å². The molecule has 0 aromatic rings. The van der Waals surface area contributed by atoms with Gasteiger partial charge in [0.2, 0.25) is 10.4 Å². The molecule has 110 valence electrons. The molecule has 0 bridgehead atoms. The molecule has 9 heteroatoms. The minimum atomic E-state index is -4.92. The van der Waals surface area contributed by atoms with E-state index in [1.807, 2.05) is 0 Å². The summed E-state index contributed by atoms with van der Waals surface area (Å²) in [5.74, 6) is -0.302. The van der Waals surface area contributed by atoms with Crippen molar-refractivity contribution >= 4 is 16.4 Å². The lowest BCUT2D eigenvalue weighted by atomic mass is 10.4. The van der Waals surface area contributed by atoms with Gasteiger partial charge in [-0.05, 0) is 6.92 Å². The molecule has 0 heterocycles. The van der Waals surface area contributed by atoms with E-state index in [4.69, 9.17) is 22.3 Å². The van der Waals surface area contributed by atoms with Gasteiger partial charge in [0.05, 0.1) is 21.1 Å². The van der Waals surface area contributed by atoms with Crippen LogP contribution < -0.4 is 6.15 Å². The number of nitrogens with zero attached hydrogens (tertiary/aromatic N) is 1. The normalized spacial score (nSPS) is 10.6. The Morgan fingerprint density at radius 3 is 1.94 bits per heavy atom. The molecule has 0 unspecified atom stereocenters. The molecular weight excluding hydrogens is 264 g/mol. The van der Waals surface area contributed by atoms with Gasteiger partial charge in [-0.15, -0.1) is 0 Å². The second-order valence-electron chi connectivity index (χ2n) is 4.36. The molecule has 0 saturated heterocycles. The Morgan fingerprint density at radius 2 is 1.72 bits per heavy atom. The lowest BCUT2D eigenvalue weighted by molar-refractivity contribution is -0.870. The van der Waals surface area contributed by atoms with Gasteiger partial charge in [0.1, 0.15) is 13.2 Å². The molecule has 4 N–H and O–H groups in total. The zero-order valence-corrected chi connectivity index (χ0v) is 12.0. The Morgan fingerprint density at radius 1 is 1.39 bits per heavy atom. The number of carbonyl (C=O) groups is 1. The zero-order chi connectivity index (χ0) is 14.3. The number of rotatable bonds is 4. The summed E-state index contributed by atoms with van der Waals surface area (Å²) in [4.78, 5) is 10.9. The summed E-state index contributed by atoms with van der Waals surface area (Å²) in [6.45, 7) is 6.41. The molecule has 0 atom stereocenters. The molecule has 0 amide bonds. The zero-order valence-electron chi connectivity index (χ0n) is 11.2. The second kappa shape index (κ2) is 9.00. The summed E-state index contributed by atoms with van der Waals surface area (Å²) in [7, 11) is 1.23. The highest BCUT2D eigenvalue weighted by atomic mass is 32.3. The number of hydrogen-bond donors (Lipinski definition) is 2. The molecule has 0 aromatic heterocycles. The van der Waals surface area contributed by atoms with Crippen LogP contribution in [0.25, 0.3) is 0 Å². The molecule has 0 aromatic carbocycles. The largest absolute Gasteiger partial charge is 0.726 e. The topological polar surface area (TPSA) is 139 Å². The Kier molecular flexibility index (Phi) is 11.1. The summed E-state index contributed by atoms with van der Waals surface area (Å²) in [6.07, 6.45) is 0. The van der Waals surface area contributed by atoms with E-state index in [1.54, 1.807) is 6.92 Å². The number of ether oxygens (including phenoxy) is 1. The summed E-state index contributed by atoms with van der Waals surface area (Å²) in [5, 5.41) is 0. The maximum atomic E-state index is 10.9. The molecule has 0 aliphatic rings. The van der Waals surface area contributed by atoms with Gasteiger partial charge in [0.25, 0.3) is 0 Å². The van der Waals surface area contributed by atoms with Gasteiger partial charge in [-0.1, -0.05) is 6.58 Å². The highest BCUT2D eigenvalue weighted by molar-refractivity contribution is 7.79. The molecule has 18 heavy (non-hydrogen) atoms. The third-order valence-electron chi connectivity index (χ3n) is 1.34. The van der Waals surface area contributed by atoms with Crippen LogP contribution in [0, 0.1) is 0 Å². The Hall–Kier alpha value is -1.00. The molecular formula is C9H22N2O6S. The summed E-state index contributed by atoms with van der Waals surface area (Å²) in [6, 6.07) is 0. The Balaban J connectivity index is -0.000000321. The molecule has 0 aliphatic carbocycles. The van der Waals surface area contributed by atoms with Crippen LogP contribution >= 0.6 is 0 Å². The molecule has 0 aliphatic heterocycles. The van der Waals surface area contributed by atoms with E-state index >= 15 is 0 Å². The first kappa shape index (κ1) is 22.2. The van der Waals surface area contributed by atoms with E-state index in [0.717, 1.165) is 11.0 Å². The number of likely N-dealkylation sites (N-methyl/N-ethyl adjacent to an activating group) is 1. The molecule has 0 radical (unpaired) electrons. The molecule has 0 spiro atoms. The number of hydrogen-bond acceptors (Lipinski definition) is 6. The molecule has 0 fully saturated rings. The summed E-state index contributed by atoms with van der Waals surface area (Å²) < 4.78 is 38.6. The van der Waals surface area contributed by atoms with Gasteiger partial charge in [-0.25, -0.2) is 13.2 Å². The fourth-order valence-corrected chi connectivity index (χ4v) is 0.535. The monoisotopic (exact) mass is 286 g/mol. The third-order valence-corrected chi connectivity index (χ3v) is 1.34. The highest BCUT2D eigenvalue weighted by Crippen LogP contribution is 1.94. The van der Waals surface area contributed by atoms with Gasteiger partial charge >= 0.3 is 5.97 Å². The van der Waals surface area contributed by atoms with Crippen LogP contribution in [0.3, 0.4) is 0 Å². The number of quaternary nitrogens is 1. The van der Waals surface area contributed by atoms with Crippen molar-refractivity contribution in [3.63, 3.8) is 0 Å². The molecule has 8 nitrogen and oxygen atoms in total. The predicted octanol–water partition coefficient (Wildman–Crippen LogP) is -0.0215. The van der Waals surface area contributed by atoms with Crippen molar-refractivity contribution in [1.29, 1.82) is 0 Å². The van der Waals surface area contributed by atoms with Crippen LogP contribution in [0.15, 0.2) is 12.2 Å². The van der Waals surface area contributed by atoms with Crippen molar-refractivity contribution < 1.29 is 31.5 Å². The van der Waals surface area contributed by atoms with Crippen molar-refractivity contribution in [3.8, 4) is 0 Å². The molecule has 0 saturated carbocycles. The first-order valence-corrected chi connectivity index (χ1v) is 6.01. The van der Waals surface area contributed by atoms with Crippen molar-refractivity contribution in [2.45, 2.75) is 6.92 Å². The Labute approximate surface area is 108 Å². The minimum Gasteiger partial charge on any atom is -0.726 e. The van der Waals surface area contributed by atoms with Crippen LogP contribution in [0.1, 0.15) is 6.92 Å². The van der Waals surface area contributed by atoms with E-state index in [0.29, 0.717) is 12.2 Å². The van der Waals surface area contributed by atoms with Crippen LogP contribution in [-0.2, 0) is 19.9 Å². The van der Waals surface area contributed by atoms with Gasteiger partial charge in [0.15, 0.2) is 0 Å². The van der Waals surface area contributed by atoms with Gasteiger partial charge in [-0.3, -0.25) is 4.55 Å². The van der Waals surface area contributed by atoms with E-state index in [1.165, 1.54) is 0 Å². The maximum Gasteiger partial charge on any atom is 0.333 e. The van der Waals surface area contributed by atoms with Gasteiger partial charge in [0, 0.05) is 5.57 Å². The van der Waals surface area contributed by atoms with Crippen LogP contribution in [0.2, 0.25) is 0 Å². The second-order valence-corrected chi connectivity index (χ2v) is 5.21. The fourth-order valence-electron chi connectivity index (χ4n) is 0.535. The number of esters is 1. The van der Waals surface area contributed by atoms with Crippen LogP contribution in [0.4, 0.5) is 0 Å². The van der Waals surface area contributed by atoms with Crippen molar-refractivity contribution in [3.05, 3.63) is 12.2 Å². The lowest BCUT2D eigenvalue weighted by Crippen LogP contribution is -2.38. The maximum absolute atomic E-state index is 10.9. The molecule has 0 rings (SSSR count). The van der Waals surface area contributed by atoms with Crippen molar-refractivity contribution in [1.82, 2.24) is 6.15 Å². The van der Waals surface area contributed by atoms with Gasteiger partial charge in [-0.2, -0.15) is 0 Å². The average Bonchev–Trinajstić information content (AvgIpc) is 1.97. The van der Waals surface area contributed by atoms with Gasteiger partial charge < -0.3 is 19.9 Å². The first-order valence-electron chi connectivity index (χ1n) is 4.64. The minimum absolute atomic E-state index is 0. The smallest absolute Gasteiger partial charge is 0.333 e. The quantitative estimate of drug-likeness (QED) is 0.243.